The van der Waals surface area contributed by atoms with Crippen LogP contribution in [-0.4, -0.2) is 86.8 Å². The highest BCUT2D eigenvalue weighted by Crippen LogP contribution is 2.44. The zero-order valence-corrected chi connectivity index (χ0v) is 42.4. The summed E-state index contributed by atoms with van der Waals surface area (Å²) in [6, 6.07) is 32.5. The third-order valence-electron chi connectivity index (χ3n) is 12.2. The first kappa shape index (κ1) is 56.1. The van der Waals surface area contributed by atoms with Crippen molar-refractivity contribution in [3.63, 3.8) is 0 Å². The number of carbonyl (C=O) groups is 6. The van der Waals surface area contributed by atoms with E-state index in [1.54, 1.807) is 57.2 Å². The molecule has 3 atom stereocenters. The summed E-state index contributed by atoms with van der Waals surface area (Å²) < 4.78 is 54.9. The first-order valence-electron chi connectivity index (χ1n) is 24.2. The van der Waals surface area contributed by atoms with Gasteiger partial charge in [-0.25, -0.2) is 22.3 Å². The van der Waals surface area contributed by atoms with Crippen molar-refractivity contribution in [1.29, 1.82) is 0 Å². The molecule has 1 aliphatic carbocycles. The van der Waals surface area contributed by atoms with Gasteiger partial charge in [0.25, 0.3) is 5.91 Å². The normalized spacial score (nSPS) is 14.4. The number of alkyl carbamates (subject to hydrolysis) is 1. The van der Waals surface area contributed by atoms with Crippen LogP contribution >= 0.6 is 0 Å². The fourth-order valence-corrected chi connectivity index (χ4v) is 9.04. The topological polar surface area (TPSA) is 236 Å². The van der Waals surface area contributed by atoms with Crippen molar-refractivity contribution >= 4 is 45.8 Å². The van der Waals surface area contributed by atoms with Gasteiger partial charge in [0.1, 0.15) is 31.6 Å². The number of esters is 3. The number of nitrogens with two attached hydrogens (primary N) is 1. The van der Waals surface area contributed by atoms with E-state index < -0.39 is 88.0 Å². The quantitative estimate of drug-likeness (QED) is 0.0251. The van der Waals surface area contributed by atoms with Gasteiger partial charge in [-0.15, -0.1) is 0 Å². The Labute approximate surface area is 422 Å². The van der Waals surface area contributed by atoms with Crippen LogP contribution in [0.4, 0.5) is 4.79 Å². The lowest BCUT2D eigenvalue weighted by atomic mass is 9.76. The summed E-state index contributed by atoms with van der Waals surface area (Å²) in [7, 11) is -4.39. The molecule has 1 aliphatic rings. The molecule has 3 amide bonds. The lowest BCUT2D eigenvalue weighted by Gasteiger charge is -2.34. The maximum atomic E-state index is 14.8. The zero-order valence-electron chi connectivity index (χ0n) is 41.5. The molecule has 1 fully saturated rings. The Morgan fingerprint density at radius 1 is 0.694 bits per heavy atom. The summed E-state index contributed by atoms with van der Waals surface area (Å²) in [5.41, 5.74) is 7.25. The standard InChI is InChI=1S/C54H68N4O13S/c1-53(2,3)51(63)71-38-70-48(60)43(34-58(72(4,65)66)47(59)45(55)24-14-17-31-56-52(64)69-37-42-22-12-7-13-23-42)33-54(29-15-16-30-54)50(62)57-46(49(61)68-36-41-20-10-6-11-21-41)32-39-25-27-44(28-26-39)67-35-40-18-8-5-9-19-40/h5-13,18-23,25-28,43,45-46H,14-17,24,29-38,55H2,1-4H3,(H,56,64)(H,57,62)/t43-,45-,46-/m0/s1. The second-order valence-corrected chi connectivity index (χ2v) is 21.0. The highest BCUT2D eigenvalue weighted by molar-refractivity contribution is 7.88. The molecule has 4 aromatic rings. The molecular weight excluding hydrogens is 945 g/mol. The minimum Gasteiger partial charge on any atom is -0.489 e. The molecule has 0 radical (unpaired) electrons. The van der Waals surface area contributed by atoms with Crippen molar-refractivity contribution in [3.8, 4) is 5.75 Å². The van der Waals surface area contributed by atoms with Crippen molar-refractivity contribution in [1.82, 2.24) is 14.9 Å². The Balaban J connectivity index is 1.32. The SMILES string of the molecule is CC(C)(C)C(=O)OCOC(=O)[C@H](CN(C(=O)[C@@H](N)CCCCNC(=O)OCc1ccccc1)S(C)(=O)=O)CC1(C(=O)N[C@@H](Cc2ccc(OCc3ccccc3)cc2)C(=O)OCc2ccccc2)CCCC1. The van der Waals surface area contributed by atoms with Crippen LogP contribution in [0.15, 0.2) is 115 Å². The van der Waals surface area contributed by atoms with E-state index in [0.717, 1.165) is 22.9 Å². The van der Waals surface area contributed by atoms with Crippen LogP contribution in [0.2, 0.25) is 0 Å². The number of nitrogens with one attached hydrogen (secondary N) is 2. The summed E-state index contributed by atoms with van der Waals surface area (Å²) in [4.78, 5) is 81.6. The van der Waals surface area contributed by atoms with Crippen LogP contribution in [0.5, 0.6) is 5.75 Å². The predicted octanol–water partition coefficient (Wildman–Crippen LogP) is 6.91. The largest absolute Gasteiger partial charge is 0.489 e. The number of amides is 3. The fraction of sp³-hybridized carbons (Fsp3) is 0.444. The first-order chi connectivity index (χ1) is 34.3. The molecule has 0 spiro atoms. The third-order valence-corrected chi connectivity index (χ3v) is 13.3. The van der Waals surface area contributed by atoms with Crippen LogP contribution in [-0.2, 0) is 79.2 Å². The summed E-state index contributed by atoms with van der Waals surface area (Å²) in [5, 5.41) is 5.56. The van der Waals surface area contributed by atoms with Gasteiger partial charge < -0.3 is 40.1 Å². The van der Waals surface area contributed by atoms with E-state index in [1.165, 1.54) is 0 Å². The fourth-order valence-electron chi connectivity index (χ4n) is 8.13. The van der Waals surface area contributed by atoms with Gasteiger partial charge in [-0.05, 0) is 93.7 Å². The Morgan fingerprint density at radius 2 is 1.25 bits per heavy atom. The molecule has 0 saturated heterocycles. The number of sulfonamides is 1. The molecule has 18 heteroatoms. The number of unbranched alkanes of at least 4 members (excludes halogenated alkanes) is 1. The van der Waals surface area contributed by atoms with Crippen LogP contribution in [0.25, 0.3) is 0 Å². The van der Waals surface area contributed by atoms with Crippen molar-refractivity contribution in [2.75, 3.05) is 26.1 Å². The predicted molar refractivity (Wildman–Crippen MR) is 268 cm³/mol. The molecule has 0 unspecified atom stereocenters. The average Bonchev–Trinajstić information content (AvgIpc) is 3.85. The second-order valence-electron chi connectivity index (χ2n) is 19.1. The summed E-state index contributed by atoms with van der Waals surface area (Å²) in [5.74, 6) is -4.82. The summed E-state index contributed by atoms with van der Waals surface area (Å²) in [6.45, 7) is 3.85. The Hall–Kier alpha value is -6.79. The molecular formula is C54H68N4O13S. The minimum absolute atomic E-state index is 0.0288. The van der Waals surface area contributed by atoms with Gasteiger partial charge in [0, 0.05) is 13.0 Å². The molecule has 4 N–H and O–H groups in total. The van der Waals surface area contributed by atoms with Gasteiger partial charge in [0.05, 0.1) is 35.6 Å². The zero-order chi connectivity index (χ0) is 52.2. The van der Waals surface area contributed by atoms with Crippen LogP contribution in [0.3, 0.4) is 0 Å². The molecule has 0 bridgehead atoms. The van der Waals surface area contributed by atoms with Crippen molar-refractivity contribution in [2.45, 2.75) is 110 Å². The van der Waals surface area contributed by atoms with Crippen LogP contribution in [0, 0.1) is 16.7 Å². The minimum atomic E-state index is -4.39. The highest BCUT2D eigenvalue weighted by Gasteiger charge is 2.47. The molecule has 4 aromatic carbocycles. The van der Waals surface area contributed by atoms with E-state index in [1.807, 2.05) is 78.9 Å². The lowest BCUT2D eigenvalue weighted by Crippen LogP contribution is -2.52. The van der Waals surface area contributed by atoms with Crippen molar-refractivity contribution in [3.05, 3.63) is 138 Å². The monoisotopic (exact) mass is 1010 g/mol. The maximum Gasteiger partial charge on any atom is 0.407 e. The number of ether oxygens (including phenoxy) is 5. The average molecular weight is 1010 g/mol. The van der Waals surface area contributed by atoms with E-state index in [9.17, 15) is 37.2 Å². The second kappa shape index (κ2) is 27.1. The molecule has 17 nitrogen and oxygen atoms in total. The van der Waals surface area contributed by atoms with Crippen molar-refractivity contribution < 1.29 is 60.9 Å². The summed E-state index contributed by atoms with van der Waals surface area (Å²) >= 11 is 0. The Kier molecular flexibility index (Phi) is 21.2. The molecule has 0 heterocycles. The molecule has 0 aromatic heterocycles. The van der Waals surface area contributed by atoms with Gasteiger partial charge in [0.2, 0.25) is 22.7 Å². The van der Waals surface area contributed by atoms with E-state index in [-0.39, 0.29) is 51.9 Å². The molecule has 0 aliphatic heterocycles. The van der Waals surface area contributed by atoms with Gasteiger partial charge in [-0.1, -0.05) is 116 Å². The number of carbonyl (C=O) groups excluding carboxylic acids is 6. The Morgan fingerprint density at radius 3 is 1.81 bits per heavy atom. The van der Waals surface area contributed by atoms with Crippen LogP contribution < -0.4 is 21.1 Å². The number of hydrogen-bond acceptors (Lipinski definition) is 14. The number of benzene rings is 4. The molecule has 388 valence electrons. The number of nitrogens with zero attached hydrogens (tertiary/aromatic N) is 1. The molecule has 1 saturated carbocycles. The van der Waals surface area contributed by atoms with E-state index in [0.29, 0.717) is 47.9 Å². The van der Waals surface area contributed by atoms with E-state index in [2.05, 4.69) is 10.6 Å². The Bertz CT molecular complexity index is 2500. The van der Waals surface area contributed by atoms with Gasteiger partial charge in [0.15, 0.2) is 0 Å². The smallest absolute Gasteiger partial charge is 0.407 e. The third kappa shape index (κ3) is 18.1. The first-order valence-corrected chi connectivity index (χ1v) is 26.0. The van der Waals surface area contributed by atoms with Crippen molar-refractivity contribution in [2.24, 2.45) is 22.5 Å². The highest BCUT2D eigenvalue weighted by atomic mass is 32.2. The van der Waals surface area contributed by atoms with Crippen LogP contribution in [0.1, 0.15) is 94.4 Å². The van der Waals surface area contributed by atoms with E-state index >= 15 is 0 Å². The van der Waals surface area contributed by atoms with E-state index in [4.69, 9.17) is 29.4 Å². The number of hydrogen-bond donors (Lipinski definition) is 3. The molecule has 72 heavy (non-hydrogen) atoms. The van der Waals surface area contributed by atoms with Gasteiger partial charge in [-0.3, -0.25) is 19.2 Å². The lowest BCUT2D eigenvalue weighted by molar-refractivity contribution is -0.176. The summed E-state index contributed by atoms with van der Waals surface area (Å²) in [6.07, 6.45) is 2.26. The van der Waals surface area contributed by atoms with Gasteiger partial charge >= 0.3 is 24.0 Å². The number of rotatable bonds is 26. The molecule has 5 rings (SSSR count). The maximum absolute atomic E-state index is 14.8. The van der Waals surface area contributed by atoms with Gasteiger partial charge in [-0.2, -0.15) is 0 Å².